The van der Waals surface area contributed by atoms with Gasteiger partial charge in [-0.1, -0.05) is 6.07 Å². The Bertz CT molecular complexity index is 574. The molecule has 0 aliphatic carbocycles. The van der Waals surface area contributed by atoms with Crippen molar-refractivity contribution in [2.45, 2.75) is 20.4 Å². The number of nitrogens with two attached hydrogens (primary N) is 1. The number of carbonyl (C=O) groups is 1. The molecular formula is C13H16N4O. The molecule has 5 heteroatoms. The molecule has 3 N–H and O–H groups in total. The minimum Gasteiger partial charge on any atom is -0.398 e. The number of nitrogens with zero attached hydrogens (tertiary/aromatic N) is 2. The number of carbonyl (C=O) groups excluding carboxylic acids is 1. The molecular weight excluding hydrogens is 228 g/mol. The first-order valence-corrected chi connectivity index (χ1v) is 5.71. The highest BCUT2D eigenvalue weighted by Gasteiger charge is 2.08. The Morgan fingerprint density at radius 3 is 2.83 bits per heavy atom. The molecule has 0 aliphatic heterocycles. The van der Waals surface area contributed by atoms with Crippen LogP contribution in [0.4, 0.5) is 11.4 Å². The fraction of sp³-hybridized carbons (Fsp3) is 0.231. The molecule has 1 aromatic carbocycles. The number of aryl methyl sites for hydroxylation is 1. The van der Waals surface area contributed by atoms with Crippen LogP contribution >= 0.6 is 0 Å². The van der Waals surface area contributed by atoms with E-state index < -0.39 is 0 Å². The normalized spacial score (nSPS) is 10.3. The maximum atomic E-state index is 11.9. The number of benzene rings is 1. The third-order valence-electron chi connectivity index (χ3n) is 2.87. The molecule has 0 atom stereocenters. The van der Waals surface area contributed by atoms with Crippen LogP contribution in [0, 0.1) is 13.8 Å². The number of nitrogen functional groups attached to an aromatic ring is 1. The van der Waals surface area contributed by atoms with E-state index >= 15 is 0 Å². The quantitative estimate of drug-likeness (QED) is 0.807. The SMILES string of the molecule is Cc1c(N)cccc1NC(=O)Cn1nccc1C. The fourth-order valence-corrected chi connectivity index (χ4v) is 1.68. The highest BCUT2D eigenvalue weighted by atomic mass is 16.2. The molecule has 1 aromatic heterocycles. The van der Waals surface area contributed by atoms with Gasteiger partial charge in [0, 0.05) is 23.3 Å². The molecule has 2 rings (SSSR count). The van der Waals surface area contributed by atoms with Crippen molar-refractivity contribution >= 4 is 17.3 Å². The minimum absolute atomic E-state index is 0.115. The standard InChI is InChI=1S/C13H16N4O/c1-9-6-7-15-17(9)8-13(18)16-12-5-3-4-11(14)10(12)2/h3-7H,8,14H2,1-2H3,(H,16,18). The van der Waals surface area contributed by atoms with E-state index in [1.807, 2.05) is 38.1 Å². The molecule has 18 heavy (non-hydrogen) atoms. The summed E-state index contributed by atoms with van der Waals surface area (Å²) < 4.78 is 1.65. The summed E-state index contributed by atoms with van der Waals surface area (Å²) in [6, 6.07) is 7.32. The third kappa shape index (κ3) is 2.51. The molecule has 2 aromatic rings. The lowest BCUT2D eigenvalue weighted by molar-refractivity contribution is -0.116. The Morgan fingerprint density at radius 1 is 1.39 bits per heavy atom. The predicted octanol–water partition coefficient (Wildman–Crippen LogP) is 1.72. The van der Waals surface area contributed by atoms with Crippen molar-refractivity contribution < 1.29 is 4.79 Å². The number of hydrogen-bond acceptors (Lipinski definition) is 3. The van der Waals surface area contributed by atoms with E-state index in [4.69, 9.17) is 5.73 Å². The number of hydrogen-bond donors (Lipinski definition) is 2. The Balaban J connectivity index is 2.08. The second-order valence-corrected chi connectivity index (χ2v) is 4.20. The summed E-state index contributed by atoms with van der Waals surface area (Å²) >= 11 is 0. The molecule has 0 saturated heterocycles. The Morgan fingerprint density at radius 2 is 2.17 bits per heavy atom. The number of nitrogens with one attached hydrogen (secondary N) is 1. The first kappa shape index (κ1) is 12.2. The predicted molar refractivity (Wildman–Crippen MR) is 71.2 cm³/mol. The van der Waals surface area contributed by atoms with Gasteiger partial charge in [-0.15, -0.1) is 0 Å². The van der Waals surface area contributed by atoms with Crippen molar-refractivity contribution in [2.24, 2.45) is 0 Å². The fourth-order valence-electron chi connectivity index (χ4n) is 1.68. The topological polar surface area (TPSA) is 72.9 Å². The lowest BCUT2D eigenvalue weighted by atomic mass is 10.1. The van der Waals surface area contributed by atoms with Crippen LogP contribution in [-0.2, 0) is 11.3 Å². The van der Waals surface area contributed by atoms with Crippen LogP contribution in [0.1, 0.15) is 11.3 Å². The smallest absolute Gasteiger partial charge is 0.246 e. The molecule has 0 bridgehead atoms. The zero-order valence-electron chi connectivity index (χ0n) is 10.5. The van der Waals surface area contributed by atoms with E-state index in [0.29, 0.717) is 5.69 Å². The summed E-state index contributed by atoms with van der Waals surface area (Å²) in [4.78, 5) is 11.9. The minimum atomic E-state index is -0.115. The summed E-state index contributed by atoms with van der Waals surface area (Å²) in [5.41, 5.74) is 9.03. The monoisotopic (exact) mass is 244 g/mol. The van der Waals surface area contributed by atoms with Crippen molar-refractivity contribution in [2.75, 3.05) is 11.1 Å². The average Bonchev–Trinajstić information content (AvgIpc) is 2.71. The molecule has 0 spiro atoms. The summed E-state index contributed by atoms with van der Waals surface area (Å²) in [5, 5.41) is 6.91. The number of rotatable bonds is 3. The van der Waals surface area contributed by atoms with Gasteiger partial charge in [0.2, 0.25) is 5.91 Å². The summed E-state index contributed by atoms with van der Waals surface area (Å²) in [6.07, 6.45) is 1.67. The van der Waals surface area contributed by atoms with Gasteiger partial charge in [0.15, 0.2) is 0 Å². The second-order valence-electron chi connectivity index (χ2n) is 4.20. The van der Waals surface area contributed by atoms with Crippen molar-refractivity contribution in [3.8, 4) is 0 Å². The van der Waals surface area contributed by atoms with Crippen LogP contribution in [0.2, 0.25) is 0 Å². The van der Waals surface area contributed by atoms with E-state index in [9.17, 15) is 4.79 Å². The summed E-state index contributed by atoms with van der Waals surface area (Å²) in [6.45, 7) is 3.99. The number of anilines is 2. The van der Waals surface area contributed by atoms with Crippen LogP contribution in [-0.4, -0.2) is 15.7 Å². The maximum absolute atomic E-state index is 11.9. The Hall–Kier alpha value is -2.30. The number of amides is 1. The Labute approximate surface area is 106 Å². The highest BCUT2D eigenvalue weighted by molar-refractivity contribution is 5.92. The number of aromatic nitrogens is 2. The van der Waals surface area contributed by atoms with Crippen LogP contribution in [0.15, 0.2) is 30.5 Å². The molecule has 94 valence electrons. The van der Waals surface area contributed by atoms with Crippen molar-refractivity contribution in [1.82, 2.24) is 9.78 Å². The summed E-state index contributed by atoms with van der Waals surface area (Å²) in [5.74, 6) is -0.115. The Kier molecular flexibility index (Phi) is 3.32. The van der Waals surface area contributed by atoms with Gasteiger partial charge in [-0.3, -0.25) is 9.48 Å². The molecule has 0 fully saturated rings. The molecule has 5 nitrogen and oxygen atoms in total. The summed E-state index contributed by atoms with van der Waals surface area (Å²) in [7, 11) is 0. The zero-order chi connectivity index (χ0) is 13.1. The maximum Gasteiger partial charge on any atom is 0.246 e. The highest BCUT2D eigenvalue weighted by Crippen LogP contribution is 2.20. The van der Waals surface area contributed by atoms with E-state index in [0.717, 1.165) is 16.9 Å². The molecule has 0 unspecified atom stereocenters. The van der Waals surface area contributed by atoms with Crippen molar-refractivity contribution in [1.29, 1.82) is 0 Å². The van der Waals surface area contributed by atoms with Gasteiger partial charge >= 0.3 is 0 Å². The van der Waals surface area contributed by atoms with E-state index in [1.54, 1.807) is 10.9 Å². The first-order chi connectivity index (χ1) is 8.58. The van der Waals surface area contributed by atoms with Crippen LogP contribution in [0.5, 0.6) is 0 Å². The lowest BCUT2D eigenvalue weighted by Gasteiger charge is -2.10. The van der Waals surface area contributed by atoms with Crippen LogP contribution in [0.3, 0.4) is 0 Å². The molecule has 0 radical (unpaired) electrons. The van der Waals surface area contributed by atoms with Crippen LogP contribution in [0.25, 0.3) is 0 Å². The van der Waals surface area contributed by atoms with E-state index in [-0.39, 0.29) is 12.5 Å². The third-order valence-corrected chi connectivity index (χ3v) is 2.87. The van der Waals surface area contributed by atoms with Crippen molar-refractivity contribution in [3.63, 3.8) is 0 Å². The van der Waals surface area contributed by atoms with E-state index in [2.05, 4.69) is 10.4 Å². The van der Waals surface area contributed by atoms with E-state index in [1.165, 1.54) is 0 Å². The zero-order valence-corrected chi connectivity index (χ0v) is 10.5. The second kappa shape index (κ2) is 4.91. The molecule has 1 amide bonds. The largest absolute Gasteiger partial charge is 0.398 e. The van der Waals surface area contributed by atoms with Gasteiger partial charge < -0.3 is 11.1 Å². The average molecular weight is 244 g/mol. The first-order valence-electron chi connectivity index (χ1n) is 5.71. The van der Waals surface area contributed by atoms with Crippen molar-refractivity contribution in [3.05, 3.63) is 41.7 Å². The lowest BCUT2D eigenvalue weighted by Crippen LogP contribution is -2.20. The molecule has 0 saturated carbocycles. The van der Waals surface area contributed by atoms with Crippen LogP contribution < -0.4 is 11.1 Å². The van der Waals surface area contributed by atoms with Gasteiger partial charge in [0.1, 0.15) is 6.54 Å². The van der Waals surface area contributed by atoms with Gasteiger partial charge in [-0.25, -0.2) is 0 Å². The van der Waals surface area contributed by atoms with Gasteiger partial charge in [-0.2, -0.15) is 5.10 Å². The molecule has 0 aliphatic rings. The van der Waals surface area contributed by atoms with Gasteiger partial charge in [-0.05, 0) is 37.6 Å². The van der Waals surface area contributed by atoms with Gasteiger partial charge in [0.05, 0.1) is 0 Å². The van der Waals surface area contributed by atoms with Gasteiger partial charge in [0.25, 0.3) is 0 Å². The molecule has 1 heterocycles.